The molecule has 2 rings (SSSR count). The lowest BCUT2D eigenvalue weighted by molar-refractivity contribution is -0.116. The number of rotatable bonds is 8. The van der Waals surface area contributed by atoms with Crippen molar-refractivity contribution < 1.29 is 17.9 Å². The largest absolute Gasteiger partial charge is 0.497 e. The molecule has 0 heterocycles. The number of aryl methyl sites for hydroxylation is 2. The number of amides is 1. The van der Waals surface area contributed by atoms with Crippen molar-refractivity contribution in [1.29, 1.82) is 0 Å². The zero-order valence-corrected chi connectivity index (χ0v) is 17.0. The van der Waals surface area contributed by atoms with Gasteiger partial charge < -0.3 is 10.1 Å². The van der Waals surface area contributed by atoms with Gasteiger partial charge in [-0.15, -0.1) is 0 Å². The predicted molar refractivity (Wildman–Crippen MR) is 109 cm³/mol. The van der Waals surface area contributed by atoms with Crippen LogP contribution in [0.3, 0.4) is 0 Å². The highest BCUT2D eigenvalue weighted by molar-refractivity contribution is 7.92. The fraction of sp³-hybridized carbons (Fsp3) is 0.350. The van der Waals surface area contributed by atoms with Gasteiger partial charge in [0, 0.05) is 18.7 Å². The van der Waals surface area contributed by atoms with Crippen LogP contribution in [0.2, 0.25) is 0 Å². The van der Waals surface area contributed by atoms with Gasteiger partial charge in [0.2, 0.25) is 15.9 Å². The van der Waals surface area contributed by atoms with E-state index in [-0.39, 0.29) is 18.9 Å². The van der Waals surface area contributed by atoms with Gasteiger partial charge in [0.1, 0.15) is 5.75 Å². The van der Waals surface area contributed by atoms with Gasteiger partial charge in [0.05, 0.1) is 19.1 Å². The number of sulfonamides is 1. The number of anilines is 2. The van der Waals surface area contributed by atoms with Crippen molar-refractivity contribution in [1.82, 2.24) is 0 Å². The maximum Gasteiger partial charge on any atom is 0.232 e. The molecule has 2 aromatic rings. The van der Waals surface area contributed by atoms with Gasteiger partial charge in [-0.3, -0.25) is 9.10 Å². The molecule has 146 valence electrons. The fourth-order valence-electron chi connectivity index (χ4n) is 2.70. The monoisotopic (exact) mass is 390 g/mol. The van der Waals surface area contributed by atoms with Crippen LogP contribution in [0.5, 0.6) is 5.75 Å². The van der Waals surface area contributed by atoms with Gasteiger partial charge in [-0.2, -0.15) is 0 Å². The van der Waals surface area contributed by atoms with Gasteiger partial charge in [-0.05, 0) is 61.7 Å². The quantitative estimate of drug-likeness (QED) is 0.749. The first-order valence-corrected chi connectivity index (χ1v) is 10.5. The van der Waals surface area contributed by atoms with Crippen LogP contribution in [-0.4, -0.2) is 34.2 Å². The Hall–Kier alpha value is -2.54. The molecule has 6 nitrogen and oxygen atoms in total. The topological polar surface area (TPSA) is 75.7 Å². The minimum atomic E-state index is -3.45. The molecule has 0 aliphatic rings. The number of nitrogens with zero attached hydrogens (tertiary/aromatic N) is 1. The van der Waals surface area contributed by atoms with Crippen LogP contribution in [0.1, 0.15) is 24.0 Å². The maximum atomic E-state index is 12.2. The average Bonchev–Trinajstić information content (AvgIpc) is 2.61. The molecule has 2 aromatic carbocycles. The molecular formula is C20H26N2O4S. The summed E-state index contributed by atoms with van der Waals surface area (Å²) in [5, 5.41) is 2.89. The summed E-state index contributed by atoms with van der Waals surface area (Å²) in [6, 6.07) is 12.7. The minimum Gasteiger partial charge on any atom is -0.497 e. The highest BCUT2D eigenvalue weighted by Gasteiger charge is 2.17. The molecule has 0 aliphatic heterocycles. The van der Waals surface area contributed by atoms with E-state index in [1.165, 1.54) is 4.31 Å². The van der Waals surface area contributed by atoms with Crippen molar-refractivity contribution >= 4 is 27.3 Å². The molecule has 0 atom stereocenters. The lowest BCUT2D eigenvalue weighted by atomic mass is 10.1. The van der Waals surface area contributed by atoms with E-state index in [1.54, 1.807) is 31.4 Å². The molecule has 0 aliphatic carbocycles. The Balaban J connectivity index is 1.98. The number of carbonyl (C=O) groups is 1. The molecule has 27 heavy (non-hydrogen) atoms. The molecule has 0 saturated carbocycles. The molecule has 0 saturated heterocycles. The smallest absolute Gasteiger partial charge is 0.232 e. The van der Waals surface area contributed by atoms with Crippen molar-refractivity contribution in [3.05, 3.63) is 53.6 Å². The lowest BCUT2D eigenvalue weighted by Gasteiger charge is -2.22. The van der Waals surface area contributed by atoms with Crippen LogP contribution < -0.4 is 14.4 Å². The van der Waals surface area contributed by atoms with Gasteiger partial charge >= 0.3 is 0 Å². The first kappa shape index (κ1) is 20.8. The molecule has 0 fully saturated rings. The summed E-state index contributed by atoms with van der Waals surface area (Å²) < 4.78 is 30.7. The minimum absolute atomic E-state index is 0.133. The van der Waals surface area contributed by atoms with E-state index in [0.717, 1.165) is 23.1 Å². The predicted octanol–water partition coefficient (Wildman–Crippen LogP) is 3.50. The van der Waals surface area contributed by atoms with E-state index in [9.17, 15) is 13.2 Å². The summed E-state index contributed by atoms with van der Waals surface area (Å²) in [6.07, 6.45) is 1.80. The Kier molecular flexibility index (Phi) is 6.85. The van der Waals surface area contributed by atoms with Crippen molar-refractivity contribution in [2.24, 2.45) is 0 Å². The number of benzene rings is 2. The number of methoxy groups -OCH3 is 1. The van der Waals surface area contributed by atoms with E-state index in [4.69, 9.17) is 4.74 Å². The van der Waals surface area contributed by atoms with Crippen LogP contribution in [0.15, 0.2) is 42.5 Å². The molecular weight excluding hydrogens is 364 g/mol. The Labute approximate surface area is 161 Å². The molecule has 1 N–H and O–H groups in total. The number of hydrogen-bond acceptors (Lipinski definition) is 4. The lowest BCUT2D eigenvalue weighted by Crippen LogP contribution is -2.31. The number of carbonyl (C=O) groups excluding carboxylic acids is 1. The highest BCUT2D eigenvalue weighted by atomic mass is 32.2. The van der Waals surface area contributed by atoms with Crippen molar-refractivity contribution in [2.75, 3.05) is 29.5 Å². The molecule has 7 heteroatoms. The third-order valence-corrected chi connectivity index (χ3v) is 5.39. The molecule has 0 aromatic heterocycles. The molecule has 1 amide bonds. The summed E-state index contributed by atoms with van der Waals surface area (Å²) in [6.45, 7) is 4.13. The molecule has 0 unspecified atom stereocenters. The summed E-state index contributed by atoms with van der Waals surface area (Å²) in [7, 11) is -1.89. The second-order valence-corrected chi connectivity index (χ2v) is 8.41. The van der Waals surface area contributed by atoms with E-state index in [0.29, 0.717) is 17.9 Å². The zero-order chi connectivity index (χ0) is 20.0. The van der Waals surface area contributed by atoms with Crippen LogP contribution in [0.25, 0.3) is 0 Å². The Morgan fingerprint density at radius 1 is 1.11 bits per heavy atom. The van der Waals surface area contributed by atoms with Gasteiger partial charge in [0.25, 0.3) is 0 Å². The van der Waals surface area contributed by atoms with Crippen LogP contribution >= 0.6 is 0 Å². The van der Waals surface area contributed by atoms with Crippen LogP contribution in [0.4, 0.5) is 11.4 Å². The third kappa shape index (κ3) is 5.99. The van der Waals surface area contributed by atoms with Gasteiger partial charge in [-0.1, -0.05) is 12.1 Å². The van der Waals surface area contributed by atoms with Gasteiger partial charge in [0.15, 0.2) is 0 Å². The summed E-state index contributed by atoms with van der Waals surface area (Å²) in [5.74, 6) is 0.520. The normalized spacial score (nSPS) is 11.1. The summed E-state index contributed by atoms with van der Waals surface area (Å²) in [4.78, 5) is 12.2. The number of nitrogens with one attached hydrogen (secondary N) is 1. The van der Waals surface area contributed by atoms with E-state index in [1.807, 2.05) is 32.0 Å². The third-order valence-electron chi connectivity index (χ3n) is 4.19. The molecule has 0 spiro atoms. The van der Waals surface area contributed by atoms with Crippen molar-refractivity contribution in [3.63, 3.8) is 0 Å². The highest BCUT2D eigenvalue weighted by Crippen LogP contribution is 2.22. The first-order valence-electron chi connectivity index (χ1n) is 8.69. The van der Waals surface area contributed by atoms with E-state index >= 15 is 0 Å². The summed E-state index contributed by atoms with van der Waals surface area (Å²) in [5.41, 5.74) is 3.40. The van der Waals surface area contributed by atoms with Crippen molar-refractivity contribution in [2.45, 2.75) is 26.7 Å². The van der Waals surface area contributed by atoms with E-state index < -0.39 is 10.0 Å². The molecule has 0 bridgehead atoms. The zero-order valence-electron chi connectivity index (χ0n) is 16.2. The summed E-state index contributed by atoms with van der Waals surface area (Å²) >= 11 is 0. The van der Waals surface area contributed by atoms with Gasteiger partial charge in [-0.25, -0.2) is 8.42 Å². The van der Waals surface area contributed by atoms with Crippen molar-refractivity contribution in [3.8, 4) is 5.75 Å². The average molecular weight is 391 g/mol. The molecule has 0 radical (unpaired) electrons. The number of hydrogen-bond donors (Lipinski definition) is 1. The van der Waals surface area contributed by atoms with Crippen LogP contribution in [0, 0.1) is 13.8 Å². The second-order valence-electron chi connectivity index (χ2n) is 6.50. The maximum absolute atomic E-state index is 12.2. The van der Waals surface area contributed by atoms with E-state index in [2.05, 4.69) is 5.32 Å². The second kappa shape index (κ2) is 8.90. The SMILES string of the molecule is COc1ccc(N(CCCC(=O)Nc2cc(C)ccc2C)S(C)(=O)=O)cc1. The number of ether oxygens (including phenoxy) is 1. The Morgan fingerprint density at radius 2 is 1.78 bits per heavy atom. The first-order chi connectivity index (χ1) is 12.7. The Bertz CT molecular complexity index is 893. The standard InChI is InChI=1S/C20H26N2O4S/c1-15-7-8-16(2)19(14-15)21-20(23)6-5-13-22(27(4,24)25)17-9-11-18(26-3)12-10-17/h7-12,14H,5-6,13H2,1-4H3,(H,21,23). The Morgan fingerprint density at radius 3 is 2.37 bits per heavy atom. The fourth-order valence-corrected chi connectivity index (χ4v) is 3.67. The van der Waals surface area contributed by atoms with Crippen LogP contribution in [-0.2, 0) is 14.8 Å².